The maximum Gasteiger partial charge on any atom is 0.414 e. The molecule has 7 rings (SSSR count). The molecule has 6 aromatic rings. The van der Waals surface area contributed by atoms with Crippen LogP contribution in [0.3, 0.4) is 0 Å². The Bertz CT molecular complexity index is 3520. The number of amides is 4. The largest absolute Gasteiger partial charge is 0.444 e. The van der Waals surface area contributed by atoms with Crippen LogP contribution in [0.4, 0.5) is 53.3 Å². The molecule has 95 heavy (non-hydrogen) atoms. The summed E-state index contributed by atoms with van der Waals surface area (Å²) < 4.78 is 24.9. The van der Waals surface area contributed by atoms with Crippen molar-refractivity contribution in [2.75, 3.05) is 28.2 Å². The highest BCUT2D eigenvalue weighted by Gasteiger charge is 2.31. The molecule has 1 aromatic heterocycles. The van der Waals surface area contributed by atoms with E-state index in [0.717, 1.165) is 142 Å². The van der Waals surface area contributed by atoms with Crippen molar-refractivity contribution in [2.45, 2.75) is 246 Å². The number of quaternary nitrogens is 1. The van der Waals surface area contributed by atoms with Crippen LogP contribution in [-0.4, -0.2) is 71.6 Å². The van der Waals surface area contributed by atoms with E-state index in [1.165, 1.54) is 0 Å². The molecule has 0 bridgehead atoms. The third kappa shape index (κ3) is 28.4. The highest BCUT2D eigenvalue weighted by molar-refractivity contribution is 5.95. The first-order valence-electron chi connectivity index (χ1n) is 34.1. The van der Waals surface area contributed by atoms with Crippen LogP contribution in [0.5, 0.6) is 0 Å². The molecule has 0 spiro atoms. The first-order valence-corrected chi connectivity index (χ1v) is 34.1. The standard InChI is InChI=1S/C58H73N7O6.C12H19NO2.C5H12.2C2H6/c1-39-35-46-50(37-45(39)62-53(66)69-56(4,5)6)65(43-29-23-20-24-30-43)51-38-49(40(2)36-47(51)61-46)64(55(68)71-58(10,11)12)34-26-18-16-14-15-17-25-33-63(54(67)70-57(7,8)9)48-32-31-44(59-13)52(41(48)3)60-42-27-21-19-22-28-42;1-9-7-5-6-8-10(9)13-11(14)15-12(2,3)4;1-5(2,3)4;2*1-2/h19-24,27-32,35-38,60H,13-18,25-26,33-34H2,1-12H3;7-8H,5-6H2,1-4H3,(H,13,14);1-4H3;2*1-2H3/p+2. The zero-order valence-corrected chi connectivity index (χ0v) is 62.5. The topological polar surface area (TPSA) is 181 Å². The number of anilines is 3. The normalized spacial score (nSPS) is 12.3. The second-order valence-corrected chi connectivity index (χ2v) is 29.0. The number of nitrogens with two attached hydrogens (primary N) is 1. The third-order valence-electron chi connectivity index (χ3n) is 13.8. The van der Waals surface area contributed by atoms with Gasteiger partial charge in [-0.15, -0.1) is 4.57 Å². The average Bonchev–Trinajstić information content (AvgIpc) is 0.751. The van der Waals surface area contributed by atoms with Crippen LogP contribution in [0.2, 0.25) is 0 Å². The molecule has 0 aliphatic heterocycles. The van der Waals surface area contributed by atoms with Gasteiger partial charge in [0, 0.05) is 48.6 Å². The number of nitrogens with one attached hydrogen (secondary N) is 2. The summed E-state index contributed by atoms with van der Waals surface area (Å²) in [4.78, 5) is 65.3. The van der Waals surface area contributed by atoms with Gasteiger partial charge >= 0.3 is 24.4 Å². The van der Waals surface area contributed by atoms with E-state index in [0.29, 0.717) is 24.2 Å². The van der Waals surface area contributed by atoms with E-state index in [-0.39, 0.29) is 12.2 Å². The van der Waals surface area contributed by atoms with Gasteiger partial charge in [0.2, 0.25) is 16.7 Å². The van der Waals surface area contributed by atoms with Gasteiger partial charge in [-0.25, -0.2) is 24.2 Å². The van der Waals surface area contributed by atoms with Crippen molar-refractivity contribution in [1.29, 1.82) is 0 Å². The quantitative estimate of drug-likeness (QED) is 0.0188. The molecule has 520 valence electrons. The molecule has 0 fully saturated rings. The maximum atomic E-state index is 14.2. The second-order valence-electron chi connectivity index (χ2n) is 29.0. The number of rotatable bonds is 18. The lowest BCUT2D eigenvalue weighted by molar-refractivity contribution is -0.538. The summed E-state index contributed by atoms with van der Waals surface area (Å²) in [6, 6.07) is 31.9. The highest BCUT2D eigenvalue weighted by atomic mass is 16.6. The molecular weight excluding hydrogens is 1190 g/mol. The van der Waals surface area contributed by atoms with Gasteiger partial charge in [0.1, 0.15) is 44.8 Å². The number of para-hydroxylation sites is 2. The number of hydrogen-bond donors (Lipinski definition) is 3. The number of unbranched alkanes of at least 4 members (excludes halogenated alkanes) is 6. The molecule has 0 saturated heterocycles. The van der Waals surface area contributed by atoms with Crippen LogP contribution < -0.4 is 30.3 Å². The average molecular weight is 1310 g/mol. The van der Waals surface area contributed by atoms with Crippen LogP contribution in [0, 0.1) is 26.2 Å². The van der Waals surface area contributed by atoms with Gasteiger partial charge < -0.3 is 18.9 Å². The highest BCUT2D eigenvalue weighted by Crippen LogP contribution is 2.35. The second kappa shape index (κ2) is 37.3. The number of hydrogen-bond acceptors (Lipinski definition) is 10. The summed E-state index contributed by atoms with van der Waals surface area (Å²) in [7, 11) is 0. The van der Waals surface area contributed by atoms with Gasteiger partial charge in [-0.05, 0) is 202 Å². The van der Waals surface area contributed by atoms with Crippen LogP contribution in [0.15, 0.2) is 125 Å². The van der Waals surface area contributed by atoms with Crippen molar-refractivity contribution < 1.29 is 48.0 Å². The maximum absolute atomic E-state index is 14.2. The smallest absolute Gasteiger partial charge is 0.414 e. The van der Waals surface area contributed by atoms with E-state index in [2.05, 4.69) is 66.0 Å². The number of carbonyl (C=O) groups excluding carboxylic acids is 4. The fourth-order valence-corrected chi connectivity index (χ4v) is 9.91. The Morgan fingerprint density at radius 1 is 0.537 bits per heavy atom. The number of carbonyl (C=O) groups is 4. The van der Waals surface area contributed by atoms with E-state index >= 15 is 0 Å². The number of aliphatic imine (C=N–C) groups is 1. The van der Waals surface area contributed by atoms with Gasteiger partial charge in [0.25, 0.3) is 0 Å². The van der Waals surface area contributed by atoms with E-state index in [1.54, 1.807) is 9.80 Å². The number of aryl methyl sites for hydroxylation is 2. The Morgan fingerprint density at radius 2 is 0.968 bits per heavy atom. The van der Waals surface area contributed by atoms with Crippen LogP contribution in [0.25, 0.3) is 27.8 Å². The van der Waals surface area contributed by atoms with E-state index < -0.39 is 34.6 Å². The van der Waals surface area contributed by atoms with Crippen LogP contribution in [0.1, 0.15) is 220 Å². The van der Waals surface area contributed by atoms with Crippen molar-refractivity contribution in [1.82, 2.24) is 10.3 Å². The van der Waals surface area contributed by atoms with Crippen molar-refractivity contribution in [3.05, 3.63) is 137 Å². The van der Waals surface area contributed by atoms with Gasteiger partial charge in [0.15, 0.2) is 5.69 Å². The number of allylic oxidation sites excluding steroid dienone is 3. The van der Waals surface area contributed by atoms with Gasteiger partial charge in [-0.1, -0.05) is 136 Å². The molecule has 4 N–H and O–H groups in total. The molecule has 16 nitrogen and oxygen atoms in total. The monoisotopic (exact) mass is 1310 g/mol. The lowest BCUT2D eigenvalue weighted by atomic mass is 10.0. The summed E-state index contributed by atoms with van der Waals surface area (Å²) in [5.74, 6) is 0. The van der Waals surface area contributed by atoms with Crippen molar-refractivity contribution >= 4 is 87.3 Å². The number of aromatic nitrogens is 2. The SMILES string of the molecule is C=Nc1ccc(N(CCCCCCCCCN(C(=O)OC(C)(C)C)c2cc3c(cc2C)nc2cc(C)c(NC(=O)OC(C)(C)C)cc2[n+]3-c2ccccc2)C(=O)OC(C)(C)C)c(C)c1[NH2+]c1ccccc1.CC.CC.CC(C)(C)C.CC1=CCCC=C1NC(=O)OC(C)(C)C. The Labute approximate surface area is 570 Å². The molecule has 0 saturated carbocycles. The van der Waals surface area contributed by atoms with E-state index in [9.17, 15) is 19.2 Å². The Morgan fingerprint density at radius 3 is 1.44 bits per heavy atom. The molecule has 0 atom stereocenters. The predicted molar refractivity (Wildman–Crippen MR) is 396 cm³/mol. The van der Waals surface area contributed by atoms with E-state index in [4.69, 9.17) is 23.9 Å². The molecule has 16 heteroatoms. The molecule has 0 radical (unpaired) electrons. The first-order chi connectivity index (χ1) is 44.4. The molecule has 5 aromatic carbocycles. The van der Waals surface area contributed by atoms with Crippen molar-refractivity contribution in [3.63, 3.8) is 0 Å². The number of benzene rings is 5. The summed E-state index contributed by atoms with van der Waals surface area (Å²) in [6.45, 7) is 51.8. The molecule has 1 heterocycles. The molecule has 1 aliphatic carbocycles. The van der Waals surface area contributed by atoms with E-state index in [1.807, 2.05) is 242 Å². The van der Waals surface area contributed by atoms with Crippen LogP contribution >= 0.6 is 0 Å². The molecule has 0 unspecified atom stereocenters. The number of nitrogens with zero attached hydrogens (tertiary/aromatic N) is 5. The van der Waals surface area contributed by atoms with Crippen molar-refractivity contribution in [3.8, 4) is 5.69 Å². The fraction of sp³-hybridized carbons (Fsp3) is 0.506. The number of fused-ring (bicyclic) bond motifs is 2. The molecule has 1 aliphatic rings. The Hall–Kier alpha value is -8.11. The zero-order chi connectivity index (χ0) is 71.6. The number of alkyl carbamates (subject to hydrolysis) is 1. The summed E-state index contributed by atoms with van der Waals surface area (Å²) in [5, 5.41) is 7.78. The lowest BCUT2D eigenvalue weighted by Crippen LogP contribution is -2.71. The predicted octanol–water partition coefficient (Wildman–Crippen LogP) is 20.9. The minimum Gasteiger partial charge on any atom is -0.444 e. The van der Waals surface area contributed by atoms with Gasteiger partial charge in [-0.3, -0.25) is 30.7 Å². The molecule has 4 amide bonds. The Kier molecular flexibility index (Phi) is 31.8. The Balaban J connectivity index is 0.000000829. The van der Waals surface area contributed by atoms with Gasteiger partial charge in [-0.2, -0.15) is 0 Å². The third-order valence-corrected chi connectivity index (χ3v) is 13.8. The molecular formula is C79H118N8O8+2. The minimum atomic E-state index is -0.704. The summed E-state index contributed by atoms with van der Waals surface area (Å²) >= 11 is 0. The first kappa shape index (κ1) is 81.1. The zero-order valence-electron chi connectivity index (χ0n) is 62.5. The fourth-order valence-electron chi connectivity index (χ4n) is 9.91. The van der Waals surface area contributed by atoms with Crippen molar-refractivity contribution in [2.24, 2.45) is 10.4 Å². The summed E-state index contributed by atoms with van der Waals surface area (Å²) in [5.41, 5.74) is 11.5. The lowest BCUT2D eigenvalue weighted by Gasteiger charge is -2.29. The minimum absolute atomic E-state index is 0.377. The number of ether oxygens (including phenoxy) is 4. The summed E-state index contributed by atoms with van der Waals surface area (Å²) in [6.07, 6.45) is 10.9. The van der Waals surface area contributed by atoms with Gasteiger partial charge in [0.05, 0.1) is 17.1 Å². The van der Waals surface area contributed by atoms with Crippen LogP contribution in [-0.2, 0) is 18.9 Å².